The molecule has 3 aromatic carbocycles. The van der Waals surface area contributed by atoms with Gasteiger partial charge in [-0.05, 0) is 36.4 Å². The third-order valence-corrected chi connectivity index (χ3v) is 5.66. The molecule has 0 saturated carbocycles. The van der Waals surface area contributed by atoms with Gasteiger partial charge in [0.15, 0.2) is 6.61 Å². The van der Waals surface area contributed by atoms with Gasteiger partial charge in [-0.25, -0.2) is 13.6 Å². The number of ether oxygens (including phenoxy) is 2. The van der Waals surface area contributed by atoms with Gasteiger partial charge in [-0.2, -0.15) is 0 Å². The fraction of sp³-hybridized carbons (Fsp3) is 0.0909. The molecular formula is C22H18N2O6S. The molecule has 0 saturated heterocycles. The lowest BCUT2D eigenvalue weighted by molar-refractivity contribution is -0.148. The number of fused-ring (bicyclic) bond motifs is 2. The van der Waals surface area contributed by atoms with Crippen LogP contribution in [-0.4, -0.2) is 26.9 Å². The zero-order valence-electron chi connectivity index (χ0n) is 16.1. The lowest BCUT2D eigenvalue weighted by atomic mass is 9.88. The molecule has 3 aromatic rings. The van der Waals surface area contributed by atoms with Crippen molar-refractivity contribution in [2.24, 2.45) is 5.14 Å². The maximum atomic E-state index is 12.9. The summed E-state index contributed by atoms with van der Waals surface area (Å²) in [6.07, 6.45) is 0. The second-order valence-electron chi connectivity index (χ2n) is 6.84. The van der Waals surface area contributed by atoms with E-state index in [4.69, 9.17) is 14.6 Å². The number of para-hydroxylation sites is 2. The molecule has 0 unspecified atom stereocenters. The van der Waals surface area contributed by atoms with Crippen LogP contribution in [0.4, 0.5) is 5.69 Å². The Bertz CT molecular complexity index is 1210. The van der Waals surface area contributed by atoms with Crippen molar-refractivity contribution in [1.82, 2.24) is 0 Å². The molecule has 0 bridgehead atoms. The molecule has 0 spiro atoms. The molecule has 8 nitrogen and oxygen atoms in total. The van der Waals surface area contributed by atoms with Crippen molar-refractivity contribution in [3.05, 3.63) is 83.9 Å². The predicted molar refractivity (Wildman–Crippen MR) is 112 cm³/mol. The van der Waals surface area contributed by atoms with E-state index in [0.717, 1.165) is 0 Å². The van der Waals surface area contributed by atoms with Crippen molar-refractivity contribution in [2.45, 2.75) is 10.8 Å². The minimum absolute atomic E-state index is 0.0752. The Labute approximate surface area is 178 Å². The fourth-order valence-electron chi connectivity index (χ4n) is 3.31. The van der Waals surface area contributed by atoms with Crippen LogP contribution in [0.2, 0.25) is 0 Å². The van der Waals surface area contributed by atoms with Crippen LogP contribution in [0.3, 0.4) is 0 Å². The van der Waals surface area contributed by atoms with Gasteiger partial charge in [0, 0.05) is 16.8 Å². The van der Waals surface area contributed by atoms with Gasteiger partial charge in [-0.15, -0.1) is 0 Å². The van der Waals surface area contributed by atoms with E-state index in [-0.39, 0.29) is 4.90 Å². The summed E-state index contributed by atoms with van der Waals surface area (Å²) < 4.78 is 33.7. The van der Waals surface area contributed by atoms with E-state index in [0.29, 0.717) is 28.3 Å². The smallest absolute Gasteiger partial charge is 0.318 e. The lowest BCUT2D eigenvalue weighted by Gasteiger charge is -2.26. The highest BCUT2D eigenvalue weighted by Crippen LogP contribution is 2.44. The summed E-state index contributed by atoms with van der Waals surface area (Å²) in [5.41, 5.74) is 1.66. The quantitative estimate of drug-likeness (QED) is 0.590. The third kappa shape index (κ3) is 4.42. The zero-order valence-corrected chi connectivity index (χ0v) is 17.0. The molecule has 4 rings (SSSR count). The molecule has 1 heterocycles. The van der Waals surface area contributed by atoms with Crippen LogP contribution in [-0.2, 0) is 24.3 Å². The highest BCUT2D eigenvalue weighted by atomic mass is 32.2. The second kappa shape index (κ2) is 8.21. The summed E-state index contributed by atoms with van der Waals surface area (Å²) in [4.78, 5) is 25.0. The van der Waals surface area contributed by atoms with Crippen LogP contribution in [0.5, 0.6) is 11.5 Å². The van der Waals surface area contributed by atoms with E-state index in [1.54, 1.807) is 36.4 Å². The number of benzene rings is 3. The number of nitrogens with two attached hydrogens (primary N) is 1. The number of nitrogens with one attached hydrogen (secondary N) is 1. The van der Waals surface area contributed by atoms with E-state index in [1.165, 1.54) is 24.3 Å². The predicted octanol–water partition coefficient (Wildman–Crippen LogP) is 2.75. The van der Waals surface area contributed by atoms with Gasteiger partial charge < -0.3 is 14.8 Å². The van der Waals surface area contributed by atoms with Gasteiger partial charge in [0.05, 0.1) is 4.90 Å². The van der Waals surface area contributed by atoms with E-state index in [1.807, 2.05) is 12.1 Å². The molecule has 0 aliphatic carbocycles. The van der Waals surface area contributed by atoms with Gasteiger partial charge >= 0.3 is 5.97 Å². The van der Waals surface area contributed by atoms with Crippen LogP contribution in [0.25, 0.3) is 0 Å². The number of hydrogen-bond donors (Lipinski definition) is 2. The van der Waals surface area contributed by atoms with Crippen LogP contribution < -0.4 is 15.2 Å². The number of esters is 1. The number of primary sulfonamides is 1. The number of rotatable bonds is 5. The van der Waals surface area contributed by atoms with E-state index in [2.05, 4.69) is 5.32 Å². The van der Waals surface area contributed by atoms with Crippen LogP contribution in [0.1, 0.15) is 17.0 Å². The van der Waals surface area contributed by atoms with Crippen molar-refractivity contribution in [3.8, 4) is 11.5 Å². The average Bonchev–Trinajstić information content (AvgIpc) is 2.75. The van der Waals surface area contributed by atoms with E-state index >= 15 is 0 Å². The lowest BCUT2D eigenvalue weighted by Crippen LogP contribution is -2.26. The maximum absolute atomic E-state index is 12.9. The van der Waals surface area contributed by atoms with Crippen molar-refractivity contribution in [3.63, 3.8) is 0 Å². The molecular weight excluding hydrogens is 420 g/mol. The summed E-state index contributed by atoms with van der Waals surface area (Å²) in [7, 11) is -3.82. The Morgan fingerprint density at radius 1 is 0.903 bits per heavy atom. The molecule has 0 aromatic heterocycles. The molecule has 9 heteroatoms. The zero-order chi connectivity index (χ0) is 22.0. The van der Waals surface area contributed by atoms with Crippen molar-refractivity contribution >= 4 is 27.6 Å². The first kappa shape index (κ1) is 20.6. The first-order valence-corrected chi connectivity index (χ1v) is 10.8. The van der Waals surface area contributed by atoms with E-state index in [9.17, 15) is 18.0 Å². The number of carbonyl (C=O) groups is 2. The number of sulfonamides is 1. The fourth-order valence-corrected chi connectivity index (χ4v) is 3.82. The van der Waals surface area contributed by atoms with Gasteiger partial charge in [0.1, 0.15) is 17.4 Å². The van der Waals surface area contributed by atoms with Gasteiger partial charge in [-0.1, -0.05) is 36.4 Å². The highest BCUT2D eigenvalue weighted by molar-refractivity contribution is 7.89. The molecule has 0 atom stereocenters. The largest absolute Gasteiger partial charge is 0.457 e. The number of hydrogen-bond acceptors (Lipinski definition) is 6. The van der Waals surface area contributed by atoms with E-state index < -0.39 is 34.4 Å². The third-order valence-electron chi connectivity index (χ3n) is 4.73. The minimum atomic E-state index is -3.82. The first-order valence-electron chi connectivity index (χ1n) is 9.28. The molecule has 31 heavy (non-hydrogen) atoms. The highest BCUT2D eigenvalue weighted by Gasteiger charge is 2.33. The number of anilines is 1. The first-order chi connectivity index (χ1) is 14.8. The topological polar surface area (TPSA) is 125 Å². The van der Waals surface area contributed by atoms with Crippen molar-refractivity contribution in [1.29, 1.82) is 0 Å². The normalized spacial score (nSPS) is 12.8. The standard InChI is InChI=1S/C22H18N2O6S/c23-31(27,28)15-11-9-14(10-12-15)24-20(25)13-29-22(26)21-16-5-1-3-7-18(16)30-19-8-4-2-6-17(19)21/h1-12,21H,13H2,(H,24,25)(H2,23,27,28). The molecule has 3 N–H and O–H groups in total. The summed E-state index contributed by atoms with van der Waals surface area (Å²) >= 11 is 0. The Morgan fingerprint density at radius 2 is 1.45 bits per heavy atom. The molecule has 1 aliphatic heterocycles. The van der Waals surface area contributed by atoms with Crippen LogP contribution >= 0.6 is 0 Å². The Kier molecular flexibility index (Phi) is 5.45. The Morgan fingerprint density at radius 3 is 2.00 bits per heavy atom. The van der Waals surface area contributed by atoms with Gasteiger partial charge in [0.25, 0.3) is 5.91 Å². The van der Waals surface area contributed by atoms with Crippen LogP contribution in [0, 0.1) is 0 Å². The molecule has 158 valence electrons. The monoisotopic (exact) mass is 438 g/mol. The minimum Gasteiger partial charge on any atom is -0.457 e. The molecule has 0 fully saturated rings. The van der Waals surface area contributed by atoms with Gasteiger partial charge in [-0.3, -0.25) is 9.59 Å². The Hall–Kier alpha value is -3.69. The summed E-state index contributed by atoms with van der Waals surface area (Å²) in [6.45, 7) is -0.503. The summed E-state index contributed by atoms with van der Waals surface area (Å²) in [5.74, 6) is -0.749. The number of amides is 1. The Balaban J connectivity index is 1.45. The summed E-state index contributed by atoms with van der Waals surface area (Å²) in [6, 6.07) is 19.6. The average molecular weight is 438 g/mol. The molecule has 0 radical (unpaired) electrons. The van der Waals surface area contributed by atoms with Crippen molar-refractivity contribution < 1.29 is 27.5 Å². The SMILES string of the molecule is NS(=O)(=O)c1ccc(NC(=O)COC(=O)C2c3ccccc3Oc3ccccc32)cc1. The summed E-state index contributed by atoms with van der Waals surface area (Å²) in [5, 5.41) is 7.59. The van der Waals surface area contributed by atoms with Crippen LogP contribution in [0.15, 0.2) is 77.7 Å². The maximum Gasteiger partial charge on any atom is 0.318 e. The van der Waals surface area contributed by atoms with Gasteiger partial charge in [0.2, 0.25) is 10.0 Å². The number of carbonyl (C=O) groups excluding carboxylic acids is 2. The van der Waals surface area contributed by atoms with Crippen molar-refractivity contribution in [2.75, 3.05) is 11.9 Å². The second-order valence-corrected chi connectivity index (χ2v) is 8.40. The molecule has 1 aliphatic rings. The molecule has 1 amide bonds.